The molecule has 1 heterocycles. The maximum absolute atomic E-state index is 13.8. The number of amides is 4. The normalized spacial score (nSPS) is 11.4. The molecule has 0 spiro atoms. The molecule has 1 aliphatic rings. The second-order valence-corrected chi connectivity index (χ2v) is 10.2. The van der Waals surface area contributed by atoms with Gasteiger partial charge < -0.3 is 32.7 Å². The summed E-state index contributed by atoms with van der Waals surface area (Å²) in [5.41, 5.74) is 10.9. The predicted molar refractivity (Wildman–Crippen MR) is 195 cm³/mol. The number of halogens is 4. The molecular formula is C30H40Cl4N8O6. The van der Waals surface area contributed by atoms with Crippen LogP contribution in [0.3, 0.4) is 0 Å². The van der Waals surface area contributed by atoms with Crippen molar-refractivity contribution in [3.05, 3.63) is 80.9 Å². The number of nitrogens with zero attached hydrogens (tertiary/aromatic N) is 2. The smallest absolute Gasteiger partial charge is 0.270 e. The summed E-state index contributed by atoms with van der Waals surface area (Å²) in [6, 6.07) is 11.2. The summed E-state index contributed by atoms with van der Waals surface area (Å²) >= 11 is 0. The number of hydrogen-bond donors (Lipinski definition) is 6. The largest absolute Gasteiger partial charge is 0.352 e. The Balaban J connectivity index is 0.00000552. The van der Waals surface area contributed by atoms with Gasteiger partial charge >= 0.3 is 0 Å². The van der Waals surface area contributed by atoms with Crippen molar-refractivity contribution in [2.24, 2.45) is 11.5 Å². The summed E-state index contributed by atoms with van der Waals surface area (Å²) in [6.45, 7) is 4.12. The van der Waals surface area contributed by atoms with Crippen LogP contribution in [0.4, 0.5) is 11.4 Å². The third-order valence-electron chi connectivity index (χ3n) is 7.02. The number of hydrogen-bond acceptors (Lipinski definition) is 10. The summed E-state index contributed by atoms with van der Waals surface area (Å²) in [6.07, 6.45) is 1.41. The number of nitro benzene ring substituents is 1. The van der Waals surface area contributed by atoms with Crippen molar-refractivity contribution in [1.82, 2.24) is 21.3 Å². The summed E-state index contributed by atoms with van der Waals surface area (Å²) in [5.74, 6) is -2.50. The average molecular weight is 751 g/mol. The minimum atomic E-state index is -0.804. The van der Waals surface area contributed by atoms with Crippen LogP contribution in [0.25, 0.3) is 10.8 Å². The molecule has 0 radical (unpaired) electrons. The fourth-order valence-electron chi connectivity index (χ4n) is 4.90. The highest BCUT2D eigenvalue weighted by atomic mass is 35.5. The van der Waals surface area contributed by atoms with Crippen molar-refractivity contribution in [1.29, 1.82) is 0 Å². The molecule has 0 unspecified atom stereocenters. The van der Waals surface area contributed by atoms with E-state index in [4.69, 9.17) is 11.5 Å². The van der Waals surface area contributed by atoms with Gasteiger partial charge in [0.1, 0.15) is 0 Å². The van der Waals surface area contributed by atoms with Gasteiger partial charge in [0.25, 0.3) is 29.3 Å². The second kappa shape index (κ2) is 21.4. The molecule has 264 valence electrons. The monoisotopic (exact) mass is 748 g/mol. The molecule has 0 fully saturated rings. The van der Waals surface area contributed by atoms with Crippen molar-refractivity contribution in [3.63, 3.8) is 0 Å². The average Bonchev–Trinajstić information content (AvgIpc) is 3.02. The number of carbonyl (C=O) groups is 4. The van der Waals surface area contributed by atoms with Crippen LogP contribution in [0.2, 0.25) is 0 Å². The van der Waals surface area contributed by atoms with Crippen LogP contribution in [0.5, 0.6) is 0 Å². The standard InChI is InChI=1S/C30H36N8O6.4ClH/c31-6-2-8-34-12-13-36-28(40)21-14-20(27(39)35-10-3-9-33-11-7-32)16-22(17-21)37-29(41)24-5-1-4-19-15-23(38(43)44)18-25(26(19)24)30(37)42;;;;/h1,4-5,14-18,33-34H,2-3,6-13,31-32H2,(H,35,39)(H,36,40);4*1H. The molecule has 0 aromatic heterocycles. The Bertz CT molecular complexity index is 1550. The molecule has 0 atom stereocenters. The molecular weight excluding hydrogens is 710 g/mol. The van der Waals surface area contributed by atoms with E-state index in [0.717, 1.165) is 17.4 Å². The fraction of sp³-hybridized carbons (Fsp3) is 0.333. The van der Waals surface area contributed by atoms with E-state index in [1.54, 1.807) is 12.1 Å². The van der Waals surface area contributed by atoms with E-state index in [1.807, 2.05) is 0 Å². The highest BCUT2D eigenvalue weighted by Crippen LogP contribution is 2.36. The first kappa shape index (κ1) is 44.4. The predicted octanol–water partition coefficient (Wildman–Crippen LogP) is 2.57. The zero-order chi connectivity index (χ0) is 31.6. The maximum atomic E-state index is 13.8. The number of rotatable bonds is 16. The van der Waals surface area contributed by atoms with Crippen molar-refractivity contribution < 1.29 is 24.1 Å². The zero-order valence-electron chi connectivity index (χ0n) is 25.8. The molecule has 3 aromatic carbocycles. The van der Waals surface area contributed by atoms with Crippen LogP contribution in [0.15, 0.2) is 48.5 Å². The molecule has 14 nitrogen and oxygen atoms in total. The van der Waals surface area contributed by atoms with Gasteiger partial charge in [0.15, 0.2) is 0 Å². The minimum Gasteiger partial charge on any atom is -0.352 e. The lowest BCUT2D eigenvalue weighted by molar-refractivity contribution is -0.384. The first-order valence-corrected chi connectivity index (χ1v) is 14.4. The van der Waals surface area contributed by atoms with Crippen molar-refractivity contribution in [2.75, 3.05) is 57.3 Å². The van der Waals surface area contributed by atoms with Gasteiger partial charge in [-0.15, -0.1) is 49.6 Å². The van der Waals surface area contributed by atoms with Gasteiger partial charge in [0.2, 0.25) is 0 Å². The van der Waals surface area contributed by atoms with E-state index in [1.165, 1.54) is 30.3 Å². The summed E-state index contributed by atoms with van der Waals surface area (Å²) in [5, 5.41) is 24.1. The maximum Gasteiger partial charge on any atom is 0.270 e. The highest BCUT2D eigenvalue weighted by molar-refractivity contribution is 6.36. The molecule has 1 aliphatic heterocycles. The molecule has 0 aliphatic carbocycles. The van der Waals surface area contributed by atoms with Gasteiger partial charge in [-0.05, 0) is 62.1 Å². The lowest BCUT2D eigenvalue weighted by Crippen LogP contribution is -2.41. The van der Waals surface area contributed by atoms with Gasteiger partial charge in [0.05, 0.1) is 16.2 Å². The second-order valence-electron chi connectivity index (χ2n) is 10.2. The molecule has 4 rings (SSSR count). The lowest BCUT2D eigenvalue weighted by Gasteiger charge is -2.27. The van der Waals surface area contributed by atoms with Crippen LogP contribution in [-0.4, -0.2) is 80.9 Å². The zero-order valence-corrected chi connectivity index (χ0v) is 29.1. The quantitative estimate of drug-likeness (QED) is 0.0545. The molecule has 0 saturated carbocycles. The summed E-state index contributed by atoms with van der Waals surface area (Å²) in [7, 11) is 0. The molecule has 0 saturated heterocycles. The fourth-order valence-corrected chi connectivity index (χ4v) is 4.90. The molecule has 3 aromatic rings. The molecule has 8 N–H and O–H groups in total. The minimum absolute atomic E-state index is 0. The van der Waals surface area contributed by atoms with E-state index >= 15 is 0 Å². The number of non-ortho nitro benzene ring substituents is 1. The molecule has 18 heteroatoms. The van der Waals surface area contributed by atoms with Crippen molar-refractivity contribution in [3.8, 4) is 0 Å². The Morgan fingerprint density at radius 3 is 1.94 bits per heavy atom. The van der Waals surface area contributed by atoms with E-state index in [-0.39, 0.29) is 89.8 Å². The van der Waals surface area contributed by atoms with Gasteiger partial charge in [0, 0.05) is 66.9 Å². The van der Waals surface area contributed by atoms with E-state index in [0.29, 0.717) is 63.0 Å². The van der Waals surface area contributed by atoms with E-state index in [2.05, 4.69) is 21.3 Å². The van der Waals surface area contributed by atoms with Crippen LogP contribution in [0.1, 0.15) is 54.3 Å². The number of anilines is 1. The van der Waals surface area contributed by atoms with Crippen molar-refractivity contribution in [2.45, 2.75) is 12.8 Å². The molecule has 48 heavy (non-hydrogen) atoms. The van der Waals surface area contributed by atoms with Gasteiger partial charge in [-0.25, -0.2) is 4.90 Å². The number of nitro groups is 1. The Morgan fingerprint density at radius 2 is 1.31 bits per heavy atom. The number of carbonyl (C=O) groups excluding carboxylic acids is 4. The molecule has 4 amide bonds. The third-order valence-corrected chi connectivity index (χ3v) is 7.02. The van der Waals surface area contributed by atoms with Crippen LogP contribution < -0.4 is 37.6 Å². The first-order valence-electron chi connectivity index (χ1n) is 14.4. The van der Waals surface area contributed by atoms with Crippen LogP contribution in [-0.2, 0) is 0 Å². The van der Waals surface area contributed by atoms with E-state index < -0.39 is 28.6 Å². The Kier molecular flexibility index (Phi) is 19.8. The van der Waals surface area contributed by atoms with Crippen LogP contribution in [0, 0.1) is 10.1 Å². The number of benzene rings is 3. The number of nitrogens with one attached hydrogen (secondary N) is 4. The lowest BCUT2D eigenvalue weighted by atomic mass is 9.92. The SMILES string of the molecule is Cl.Cl.Cl.Cl.NCCCNCCNC(=O)c1cc(C(=O)NCCCNCCN)cc(N2C(=O)c3cccc4cc([N+](=O)[O-])cc(c34)C2=O)c1. The van der Waals surface area contributed by atoms with Crippen molar-refractivity contribution >= 4 is 95.4 Å². The third kappa shape index (κ3) is 10.7. The van der Waals surface area contributed by atoms with Gasteiger partial charge in [-0.3, -0.25) is 29.3 Å². The van der Waals surface area contributed by atoms with E-state index in [9.17, 15) is 29.3 Å². The Labute approximate surface area is 302 Å². The highest BCUT2D eigenvalue weighted by Gasteiger charge is 2.36. The molecule has 0 bridgehead atoms. The topological polar surface area (TPSA) is 215 Å². The number of nitrogens with two attached hydrogens (primary N) is 2. The number of imide groups is 1. The van der Waals surface area contributed by atoms with Crippen LogP contribution >= 0.6 is 49.6 Å². The van der Waals surface area contributed by atoms with Gasteiger partial charge in [-0.1, -0.05) is 12.1 Å². The first-order chi connectivity index (χ1) is 21.3. The Hall–Kier alpha value is -3.60. The summed E-state index contributed by atoms with van der Waals surface area (Å²) < 4.78 is 0. The van der Waals surface area contributed by atoms with Gasteiger partial charge in [-0.2, -0.15) is 0 Å². The summed E-state index contributed by atoms with van der Waals surface area (Å²) in [4.78, 5) is 65.7. The Morgan fingerprint density at radius 1 is 0.708 bits per heavy atom.